The van der Waals surface area contributed by atoms with Crippen molar-refractivity contribution < 1.29 is 0 Å². The summed E-state index contributed by atoms with van der Waals surface area (Å²) in [4.78, 5) is 2.63. The molecule has 1 fully saturated rings. The molecule has 0 aliphatic carbocycles. The Balaban J connectivity index is 1.91. The third-order valence-electron chi connectivity index (χ3n) is 4.24. The zero-order valence-electron chi connectivity index (χ0n) is 12.2. The number of halogens is 1. The molecule has 2 rings (SSSR count). The summed E-state index contributed by atoms with van der Waals surface area (Å²) in [6.07, 6.45) is 2.53. The van der Waals surface area contributed by atoms with Crippen molar-refractivity contribution in [3.05, 3.63) is 34.3 Å². The Morgan fingerprint density at radius 2 is 2.00 bits per heavy atom. The number of likely N-dealkylation sites (tertiary alicyclic amines) is 1. The lowest BCUT2D eigenvalue weighted by Gasteiger charge is -2.24. The van der Waals surface area contributed by atoms with Crippen LogP contribution in [0.1, 0.15) is 38.3 Å². The molecular weight excluding hydrogens is 300 g/mol. The molecule has 3 heteroatoms. The molecule has 1 saturated heterocycles. The maximum Gasteiger partial charge on any atom is 0.0329 e. The highest BCUT2D eigenvalue weighted by Gasteiger charge is 2.26. The van der Waals surface area contributed by atoms with Crippen LogP contribution in [0.3, 0.4) is 0 Å². The first-order chi connectivity index (χ1) is 9.10. The van der Waals surface area contributed by atoms with Crippen LogP contribution in [0.5, 0.6) is 0 Å². The SMILES string of the molecule is CNC(CCN1CC(C)CC1C)c1ccc(Br)cc1. The molecule has 1 aromatic carbocycles. The second-order valence-corrected chi connectivity index (χ2v) is 6.78. The molecular formula is C16H25BrN2. The quantitative estimate of drug-likeness (QED) is 0.885. The summed E-state index contributed by atoms with van der Waals surface area (Å²) < 4.78 is 1.15. The standard InChI is InChI=1S/C16H25BrN2/c1-12-10-13(2)19(11-12)9-8-16(18-3)14-4-6-15(17)7-5-14/h4-7,12-13,16,18H,8-11H2,1-3H3. The Bertz CT molecular complexity index is 390. The Hall–Kier alpha value is -0.380. The molecule has 106 valence electrons. The number of hydrogen-bond donors (Lipinski definition) is 1. The van der Waals surface area contributed by atoms with Gasteiger partial charge in [-0.3, -0.25) is 0 Å². The first kappa shape index (κ1) is 15.0. The lowest BCUT2D eigenvalue weighted by Crippen LogP contribution is -2.31. The Labute approximate surface area is 125 Å². The van der Waals surface area contributed by atoms with E-state index in [1.807, 2.05) is 0 Å². The van der Waals surface area contributed by atoms with E-state index in [4.69, 9.17) is 0 Å². The second-order valence-electron chi connectivity index (χ2n) is 5.87. The van der Waals surface area contributed by atoms with E-state index in [0.29, 0.717) is 6.04 Å². The molecule has 0 bridgehead atoms. The minimum atomic E-state index is 0.455. The first-order valence-corrected chi connectivity index (χ1v) is 8.06. The van der Waals surface area contributed by atoms with Gasteiger partial charge in [0.2, 0.25) is 0 Å². The number of nitrogens with one attached hydrogen (secondary N) is 1. The van der Waals surface area contributed by atoms with Crippen molar-refractivity contribution in [3.8, 4) is 0 Å². The molecule has 0 aromatic heterocycles. The summed E-state index contributed by atoms with van der Waals surface area (Å²) in [7, 11) is 2.06. The van der Waals surface area contributed by atoms with Gasteiger partial charge in [-0.05, 0) is 50.4 Å². The van der Waals surface area contributed by atoms with Crippen LogP contribution < -0.4 is 5.32 Å². The topological polar surface area (TPSA) is 15.3 Å². The Morgan fingerprint density at radius 1 is 1.32 bits per heavy atom. The number of benzene rings is 1. The molecule has 1 N–H and O–H groups in total. The zero-order chi connectivity index (χ0) is 13.8. The Kier molecular flexibility index (Phi) is 5.43. The molecule has 0 radical (unpaired) electrons. The van der Waals surface area contributed by atoms with Gasteiger partial charge in [-0.1, -0.05) is 35.0 Å². The minimum absolute atomic E-state index is 0.455. The van der Waals surface area contributed by atoms with Gasteiger partial charge in [-0.25, -0.2) is 0 Å². The molecule has 0 amide bonds. The smallest absolute Gasteiger partial charge is 0.0329 e. The maximum absolute atomic E-state index is 3.50. The molecule has 3 unspecified atom stereocenters. The highest BCUT2D eigenvalue weighted by molar-refractivity contribution is 9.10. The summed E-state index contributed by atoms with van der Waals surface area (Å²) in [5.41, 5.74) is 1.38. The summed E-state index contributed by atoms with van der Waals surface area (Å²) in [5, 5.41) is 3.45. The summed E-state index contributed by atoms with van der Waals surface area (Å²) in [5.74, 6) is 0.857. The minimum Gasteiger partial charge on any atom is -0.313 e. The fourth-order valence-corrected chi connectivity index (χ4v) is 3.43. The van der Waals surface area contributed by atoms with Crippen LogP contribution in [-0.4, -0.2) is 31.1 Å². The number of hydrogen-bond acceptors (Lipinski definition) is 2. The molecule has 1 aromatic rings. The molecule has 2 nitrogen and oxygen atoms in total. The van der Waals surface area contributed by atoms with Gasteiger partial charge in [0.05, 0.1) is 0 Å². The van der Waals surface area contributed by atoms with Gasteiger partial charge in [0.15, 0.2) is 0 Å². The normalized spacial score (nSPS) is 25.7. The molecule has 3 atom stereocenters. The van der Waals surface area contributed by atoms with Crippen molar-refractivity contribution >= 4 is 15.9 Å². The average molecular weight is 325 g/mol. The summed E-state index contributed by atoms with van der Waals surface area (Å²) in [6, 6.07) is 9.87. The van der Waals surface area contributed by atoms with Crippen LogP contribution in [0.4, 0.5) is 0 Å². The lowest BCUT2D eigenvalue weighted by molar-refractivity contribution is 0.250. The van der Waals surface area contributed by atoms with Crippen LogP contribution >= 0.6 is 15.9 Å². The van der Waals surface area contributed by atoms with Crippen LogP contribution in [0.15, 0.2) is 28.7 Å². The van der Waals surface area contributed by atoms with Crippen molar-refractivity contribution in [2.45, 2.75) is 38.8 Å². The molecule has 0 saturated carbocycles. The van der Waals surface area contributed by atoms with Gasteiger partial charge in [-0.2, -0.15) is 0 Å². The van der Waals surface area contributed by atoms with E-state index in [1.54, 1.807) is 0 Å². The zero-order valence-corrected chi connectivity index (χ0v) is 13.8. The van der Waals surface area contributed by atoms with E-state index in [9.17, 15) is 0 Å². The van der Waals surface area contributed by atoms with Gasteiger partial charge < -0.3 is 10.2 Å². The number of rotatable bonds is 5. The van der Waals surface area contributed by atoms with Crippen LogP contribution in [0.2, 0.25) is 0 Å². The summed E-state index contributed by atoms with van der Waals surface area (Å²) in [6.45, 7) is 7.17. The summed E-state index contributed by atoms with van der Waals surface area (Å²) >= 11 is 3.50. The average Bonchev–Trinajstić information content (AvgIpc) is 2.71. The highest BCUT2D eigenvalue weighted by atomic mass is 79.9. The second kappa shape index (κ2) is 6.87. The highest BCUT2D eigenvalue weighted by Crippen LogP contribution is 2.25. The molecule has 0 spiro atoms. The fourth-order valence-electron chi connectivity index (χ4n) is 3.17. The van der Waals surface area contributed by atoms with Crippen molar-refractivity contribution in [2.75, 3.05) is 20.1 Å². The van der Waals surface area contributed by atoms with Crippen molar-refractivity contribution in [2.24, 2.45) is 5.92 Å². The lowest BCUT2D eigenvalue weighted by atomic mass is 10.0. The predicted octanol–water partition coefficient (Wildman–Crippen LogP) is 3.83. The first-order valence-electron chi connectivity index (χ1n) is 7.27. The maximum atomic E-state index is 3.50. The van der Waals surface area contributed by atoms with Gasteiger partial charge >= 0.3 is 0 Å². The number of nitrogens with zero attached hydrogens (tertiary/aromatic N) is 1. The van der Waals surface area contributed by atoms with Crippen molar-refractivity contribution in [3.63, 3.8) is 0 Å². The van der Waals surface area contributed by atoms with Crippen LogP contribution in [0, 0.1) is 5.92 Å². The Morgan fingerprint density at radius 3 is 2.53 bits per heavy atom. The third kappa shape index (κ3) is 4.04. The van der Waals surface area contributed by atoms with E-state index < -0.39 is 0 Å². The van der Waals surface area contributed by atoms with E-state index >= 15 is 0 Å². The van der Waals surface area contributed by atoms with E-state index in [1.165, 1.54) is 31.5 Å². The van der Waals surface area contributed by atoms with E-state index in [0.717, 1.165) is 16.4 Å². The molecule has 1 heterocycles. The molecule has 19 heavy (non-hydrogen) atoms. The van der Waals surface area contributed by atoms with Gasteiger partial charge in [0, 0.05) is 29.6 Å². The third-order valence-corrected chi connectivity index (χ3v) is 4.77. The van der Waals surface area contributed by atoms with Crippen LogP contribution in [-0.2, 0) is 0 Å². The fraction of sp³-hybridized carbons (Fsp3) is 0.625. The van der Waals surface area contributed by atoms with E-state index in [-0.39, 0.29) is 0 Å². The predicted molar refractivity (Wildman–Crippen MR) is 85.4 cm³/mol. The van der Waals surface area contributed by atoms with Crippen LogP contribution in [0.25, 0.3) is 0 Å². The van der Waals surface area contributed by atoms with Gasteiger partial charge in [0.1, 0.15) is 0 Å². The molecule has 1 aliphatic rings. The van der Waals surface area contributed by atoms with Crippen molar-refractivity contribution in [1.29, 1.82) is 0 Å². The van der Waals surface area contributed by atoms with Crippen molar-refractivity contribution in [1.82, 2.24) is 10.2 Å². The van der Waals surface area contributed by atoms with Gasteiger partial charge in [-0.15, -0.1) is 0 Å². The largest absolute Gasteiger partial charge is 0.313 e. The molecule has 1 aliphatic heterocycles. The van der Waals surface area contributed by atoms with E-state index in [2.05, 4.69) is 71.3 Å². The monoisotopic (exact) mass is 324 g/mol. The van der Waals surface area contributed by atoms with Gasteiger partial charge in [0.25, 0.3) is 0 Å².